The van der Waals surface area contributed by atoms with E-state index in [1.54, 1.807) is 0 Å². The van der Waals surface area contributed by atoms with Crippen molar-refractivity contribution in [1.29, 1.82) is 0 Å². The first-order chi connectivity index (χ1) is 13.8. The Bertz CT molecular complexity index is 1170. The van der Waals surface area contributed by atoms with Crippen molar-refractivity contribution in [2.75, 3.05) is 5.32 Å². The van der Waals surface area contributed by atoms with Crippen LogP contribution in [0.3, 0.4) is 0 Å². The van der Waals surface area contributed by atoms with Gasteiger partial charge in [0.2, 0.25) is 5.91 Å². The van der Waals surface area contributed by atoms with Crippen LogP contribution in [-0.4, -0.2) is 35.5 Å². The summed E-state index contributed by atoms with van der Waals surface area (Å²) in [5.74, 6) is 0.212. The van der Waals surface area contributed by atoms with E-state index in [-0.39, 0.29) is 17.9 Å². The summed E-state index contributed by atoms with van der Waals surface area (Å²) in [7, 11) is 0. The highest BCUT2D eigenvalue weighted by atomic mass is 16.1. The van der Waals surface area contributed by atoms with E-state index in [0.29, 0.717) is 11.5 Å². The molecule has 0 radical (unpaired) electrons. The standard InChI is InChI=1S/C21H23N7O/c1-14-9-10-27-13-17(23-19(27)11-14)15-5-7-16(8-6-15)22-20(29)12-18-24-26-28(25-18)21(2,3)4/h5-11,13H,12H2,1-4H3,(H,22,29). The van der Waals surface area contributed by atoms with Crippen molar-refractivity contribution >= 4 is 17.2 Å². The van der Waals surface area contributed by atoms with E-state index in [4.69, 9.17) is 0 Å². The summed E-state index contributed by atoms with van der Waals surface area (Å²) >= 11 is 0. The van der Waals surface area contributed by atoms with E-state index < -0.39 is 0 Å². The van der Waals surface area contributed by atoms with Gasteiger partial charge >= 0.3 is 0 Å². The molecule has 148 valence electrons. The van der Waals surface area contributed by atoms with Crippen LogP contribution in [0.15, 0.2) is 48.8 Å². The second-order valence-electron chi connectivity index (χ2n) is 8.06. The fourth-order valence-corrected chi connectivity index (χ4v) is 2.89. The third kappa shape index (κ3) is 4.16. The smallest absolute Gasteiger partial charge is 0.232 e. The first-order valence-corrected chi connectivity index (χ1v) is 9.43. The Labute approximate surface area is 168 Å². The number of anilines is 1. The number of pyridine rings is 1. The fourth-order valence-electron chi connectivity index (χ4n) is 2.89. The molecule has 1 amide bonds. The molecule has 0 saturated heterocycles. The maximum absolute atomic E-state index is 12.3. The van der Waals surface area contributed by atoms with Crippen LogP contribution in [0.1, 0.15) is 32.2 Å². The predicted molar refractivity (Wildman–Crippen MR) is 111 cm³/mol. The summed E-state index contributed by atoms with van der Waals surface area (Å²) in [6, 6.07) is 11.7. The molecule has 29 heavy (non-hydrogen) atoms. The molecule has 3 aromatic heterocycles. The zero-order valence-electron chi connectivity index (χ0n) is 16.9. The van der Waals surface area contributed by atoms with Crippen molar-refractivity contribution in [2.24, 2.45) is 0 Å². The predicted octanol–water partition coefficient (Wildman–Crippen LogP) is 3.23. The lowest BCUT2D eigenvalue weighted by atomic mass is 10.1. The van der Waals surface area contributed by atoms with Crippen molar-refractivity contribution in [3.8, 4) is 11.3 Å². The molecule has 8 nitrogen and oxygen atoms in total. The first-order valence-electron chi connectivity index (χ1n) is 9.43. The van der Waals surface area contributed by atoms with E-state index in [9.17, 15) is 4.79 Å². The van der Waals surface area contributed by atoms with Gasteiger partial charge in [0.25, 0.3) is 0 Å². The zero-order chi connectivity index (χ0) is 20.6. The minimum atomic E-state index is -0.270. The van der Waals surface area contributed by atoms with E-state index in [1.165, 1.54) is 10.4 Å². The van der Waals surface area contributed by atoms with E-state index >= 15 is 0 Å². The van der Waals surface area contributed by atoms with Crippen molar-refractivity contribution in [2.45, 2.75) is 39.7 Å². The van der Waals surface area contributed by atoms with Gasteiger partial charge in [0.1, 0.15) is 5.65 Å². The quantitative estimate of drug-likeness (QED) is 0.579. The monoisotopic (exact) mass is 389 g/mol. The van der Waals surface area contributed by atoms with Crippen LogP contribution >= 0.6 is 0 Å². The topological polar surface area (TPSA) is 90.0 Å². The molecule has 1 aromatic carbocycles. The van der Waals surface area contributed by atoms with Crippen LogP contribution in [0.4, 0.5) is 5.69 Å². The lowest BCUT2D eigenvalue weighted by Gasteiger charge is -2.15. The number of rotatable bonds is 4. The number of carbonyl (C=O) groups excluding carboxylic acids is 1. The summed E-state index contributed by atoms with van der Waals surface area (Å²) in [6.45, 7) is 7.98. The molecule has 4 rings (SSSR count). The highest BCUT2D eigenvalue weighted by molar-refractivity contribution is 5.92. The van der Waals surface area contributed by atoms with Gasteiger partial charge in [-0.1, -0.05) is 12.1 Å². The number of aromatic nitrogens is 6. The highest BCUT2D eigenvalue weighted by Crippen LogP contribution is 2.22. The Hall–Kier alpha value is -3.55. The first kappa shape index (κ1) is 18.8. The van der Waals surface area contributed by atoms with Gasteiger partial charge in [-0.3, -0.25) is 4.79 Å². The fraction of sp³-hybridized carbons (Fsp3) is 0.286. The number of nitrogens with one attached hydrogen (secondary N) is 1. The Morgan fingerprint density at radius 3 is 2.59 bits per heavy atom. The van der Waals surface area contributed by atoms with Crippen LogP contribution < -0.4 is 5.32 Å². The van der Waals surface area contributed by atoms with Crippen LogP contribution in [0, 0.1) is 6.92 Å². The van der Waals surface area contributed by atoms with Gasteiger partial charge in [-0.05, 0) is 62.7 Å². The molecule has 0 aliphatic carbocycles. The van der Waals surface area contributed by atoms with E-state index in [0.717, 1.165) is 16.9 Å². The summed E-state index contributed by atoms with van der Waals surface area (Å²) < 4.78 is 2.00. The molecule has 0 saturated carbocycles. The molecular formula is C21H23N7O. The maximum atomic E-state index is 12.3. The van der Waals surface area contributed by atoms with Crippen LogP contribution in [0.2, 0.25) is 0 Å². The van der Waals surface area contributed by atoms with Crippen molar-refractivity contribution < 1.29 is 4.79 Å². The number of imidazole rings is 1. The van der Waals surface area contributed by atoms with Gasteiger partial charge in [0.05, 0.1) is 17.7 Å². The molecular weight excluding hydrogens is 366 g/mol. The highest BCUT2D eigenvalue weighted by Gasteiger charge is 2.18. The molecule has 0 aliphatic heterocycles. The molecule has 4 aromatic rings. The SMILES string of the molecule is Cc1ccn2cc(-c3ccc(NC(=O)Cc4nnn(C(C)(C)C)n4)cc3)nc2c1. The molecule has 0 atom stereocenters. The molecule has 0 unspecified atom stereocenters. The molecule has 0 fully saturated rings. The number of amides is 1. The van der Waals surface area contributed by atoms with Crippen molar-refractivity contribution in [3.63, 3.8) is 0 Å². The average Bonchev–Trinajstić information content (AvgIpc) is 3.28. The van der Waals surface area contributed by atoms with Gasteiger partial charge in [0.15, 0.2) is 5.82 Å². The third-order valence-corrected chi connectivity index (χ3v) is 4.45. The Morgan fingerprint density at radius 2 is 1.90 bits per heavy atom. The molecule has 3 heterocycles. The van der Waals surface area contributed by atoms with E-state index in [2.05, 4.69) is 25.7 Å². The van der Waals surface area contributed by atoms with Crippen molar-refractivity contribution in [3.05, 3.63) is 60.2 Å². The second-order valence-corrected chi connectivity index (χ2v) is 8.06. The lowest BCUT2D eigenvalue weighted by Crippen LogP contribution is -2.25. The number of tetrazole rings is 1. The van der Waals surface area contributed by atoms with Crippen LogP contribution in [-0.2, 0) is 16.8 Å². The number of benzene rings is 1. The van der Waals surface area contributed by atoms with E-state index in [1.807, 2.05) is 80.9 Å². The summed E-state index contributed by atoms with van der Waals surface area (Å²) in [5.41, 5.74) is 4.39. The van der Waals surface area contributed by atoms with Gasteiger partial charge in [0, 0.05) is 23.6 Å². The summed E-state index contributed by atoms with van der Waals surface area (Å²) in [5, 5.41) is 15.1. The number of carbonyl (C=O) groups is 1. The number of hydrogen-bond donors (Lipinski definition) is 1. The maximum Gasteiger partial charge on any atom is 0.232 e. The third-order valence-electron chi connectivity index (χ3n) is 4.45. The van der Waals surface area contributed by atoms with Gasteiger partial charge in [-0.2, -0.15) is 4.80 Å². The average molecular weight is 389 g/mol. The Kier molecular flexibility index (Phi) is 4.62. The molecule has 0 spiro atoms. The van der Waals surface area contributed by atoms with Crippen LogP contribution in [0.25, 0.3) is 16.9 Å². The van der Waals surface area contributed by atoms with Crippen LogP contribution in [0.5, 0.6) is 0 Å². The zero-order valence-corrected chi connectivity index (χ0v) is 16.9. The van der Waals surface area contributed by atoms with Gasteiger partial charge < -0.3 is 9.72 Å². The molecule has 8 heteroatoms. The van der Waals surface area contributed by atoms with Crippen molar-refractivity contribution in [1.82, 2.24) is 29.6 Å². The molecule has 0 aliphatic rings. The second kappa shape index (κ2) is 7.12. The van der Waals surface area contributed by atoms with Gasteiger partial charge in [-0.15, -0.1) is 10.2 Å². The number of nitrogens with zero attached hydrogens (tertiary/aromatic N) is 6. The largest absolute Gasteiger partial charge is 0.326 e. The summed E-state index contributed by atoms with van der Waals surface area (Å²) in [6.07, 6.45) is 4.07. The molecule has 0 bridgehead atoms. The summed E-state index contributed by atoms with van der Waals surface area (Å²) in [4.78, 5) is 18.5. The van der Waals surface area contributed by atoms with Gasteiger partial charge in [-0.25, -0.2) is 4.98 Å². The number of fused-ring (bicyclic) bond motifs is 1. The normalized spacial score (nSPS) is 11.7. The Morgan fingerprint density at radius 1 is 1.14 bits per heavy atom. The lowest BCUT2D eigenvalue weighted by molar-refractivity contribution is -0.115. The minimum absolute atomic E-state index is 0.0730. The molecule has 1 N–H and O–H groups in total. The minimum Gasteiger partial charge on any atom is -0.326 e. The number of aryl methyl sites for hydroxylation is 1. The number of hydrogen-bond acceptors (Lipinski definition) is 5. The Balaban J connectivity index is 1.43.